The van der Waals surface area contributed by atoms with Gasteiger partial charge in [0.1, 0.15) is 43.2 Å². The fourth-order valence-electron chi connectivity index (χ4n) is 12.0. The monoisotopic (exact) mass is 1050 g/mol. The Bertz CT molecular complexity index is 2760. The first kappa shape index (κ1) is 56.5. The third-order valence-electron chi connectivity index (χ3n) is 15.7. The first-order chi connectivity index (χ1) is 34.8. The zero-order valence-corrected chi connectivity index (χ0v) is 46.8. The Morgan fingerprint density at radius 2 is 1.65 bits per heavy atom. The van der Waals surface area contributed by atoms with E-state index < -0.39 is 61.3 Å². The maximum absolute atomic E-state index is 18.2. The van der Waals surface area contributed by atoms with Crippen molar-refractivity contribution in [3.8, 4) is 34.4 Å². The van der Waals surface area contributed by atoms with E-state index in [1.807, 2.05) is 55.7 Å². The van der Waals surface area contributed by atoms with Crippen LogP contribution in [0.15, 0.2) is 36.4 Å². The highest BCUT2D eigenvalue weighted by atomic mass is 28.3. The van der Waals surface area contributed by atoms with Gasteiger partial charge in [0, 0.05) is 61.5 Å². The summed E-state index contributed by atoms with van der Waals surface area (Å²) in [6.45, 7) is 21.2. The lowest BCUT2D eigenvalue weighted by Crippen LogP contribution is -2.63. The van der Waals surface area contributed by atoms with Crippen LogP contribution in [0.25, 0.3) is 32.8 Å². The number of alkyl halides is 2. The van der Waals surface area contributed by atoms with E-state index in [9.17, 15) is 9.59 Å². The van der Waals surface area contributed by atoms with Gasteiger partial charge >= 0.3 is 18.1 Å². The lowest BCUT2D eigenvalue weighted by Gasteiger charge is -2.47. The zero-order chi connectivity index (χ0) is 54.1. The van der Waals surface area contributed by atoms with Crippen molar-refractivity contribution in [1.29, 1.82) is 0 Å². The molecule has 1 aliphatic carbocycles. The number of halogens is 4. The van der Waals surface area contributed by atoms with Gasteiger partial charge < -0.3 is 33.5 Å². The molecule has 1 aromatic heterocycles. The Balaban J connectivity index is 1.34. The summed E-state index contributed by atoms with van der Waals surface area (Å²) in [7, 11) is 2.36. The Kier molecular flexibility index (Phi) is 17.0. The topological polar surface area (TPSA) is 116 Å². The second-order valence-electron chi connectivity index (χ2n) is 23.2. The molecule has 0 unspecified atom stereocenters. The molecule has 3 atom stereocenters. The molecule has 404 valence electrons. The standard InChI is InChI=1S/C57H77F4N5O7Si/c1-36(2)74(37(3)4,38(5)6)26-23-39-19-18-20-40-27-42(72-35-69-12)28-43(47(39)40)48-45(58)29-44-50(49(48)59)62-52(63-51(44)65-30-41-22-24-55(10,32-65)66(41)53(68)73-54(7,8)9)71-34-56(31-57(56,60)61)33-64(11)25-17-15-14-16-21-46(67)70-13/h18-20,27-29,36-38,41H,14-17,21-22,24-25,30-35H2,1-13H3/t41-,55+,56-/m1/s1. The number of carbonyl (C=O) groups is 2. The van der Waals surface area contributed by atoms with E-state index in [4.69, 9.17) is 28.7 Å². The maximum atomic E-state index is 18.2. The normalized spacial score (nSPS) is 20.5. The predicted octanol–water partition coefficient (Wildman–Crippen LogP) is 12.7. The highest BCUT2D eigenvalue weighted by molar-refractivity contribution is 6.90. The van der Waals surface area contributed by atoms with E-state index in [-0.39, 0.29) is 72.3 Å². The first-order valence-corrected chi connectivity index (χ1v) is 28.5. The fourth-order valence-corrected chi connectivity index (χ4v) is 17.2. The minimum absolute atomic E-state index is 0.0217. The van der Waals surface area contributed by atoms with Crippen molar-refractivity contribution in [2.45, 2.75) is 160 Å². The molecule has 74 heavy (non-hydrogen) atoms. The summed E-state index contributed by atoms with van der Waals surface area (Å²) in [4.78, 5) is 40.2. The number of amides is 1. The van der Waals surface area contributed by atoms with Crippen LogP contribution in [0.3, 0.4) is 0 Å². The number of aromatic nitrogens is 2. The number of hydrogen-bond acceptors (Lipinski definition) is 11. The lowest BCUT2D eigenvalue weighted by molar-refractivity contribution is -0.140. The number of carbonyl (C=O) groups excluding carboxylic acids is 2. The van der Waals surface area contributed by atoms with Crippen LogP contribution in [0.4, 0.5) is 28.2 Å². The van der Waals surface area contributed by atoms with E-state index in [1.165, 1.54) is 20.3 Å². The number of hydrogen-bond donors (Lipinski definition) is 0. The Morgan fingerprint density at radius 3 is 2.27 bits per heavy atom. The van der Waals surface area contributed by atoms with Gasteiger partial charge in [-0.3, -0.25) is 9.69 Å². The second kappa shape index (κ2) is 22.2. The molecule has 3 fully saturated rings. The quantitative estimate of drug-likeness (QED) is 0.0210. The number of esters is 1. The average molecular weight is 1050 g/mol. The number of unbranched alkanes of at least 4 members (excludes halogenated alkanes) is 3. The number of methoxy groups -OCH3 is 2. The Hall–Kier alpha value is -5.18. The molecule has 1 saturated carbocycles. The highest BCUT2D eigenvalue weighted by Gasteiger charge is 2.72. The Morgan fingerprint density at radius 1 is 0.959 bits per heavy atom. The van der Waals surface area contributed by atoms with Crippen LogP contribution in [-0.2, 0) is 19.0 Å². The zero-order valence-electron chi connectivity index (χ0n) is 45.8. The molecular formula is C57H77F4N5O7Si. The second-order valence-corrected chi connectivity index (χ2v) is 28.8. The molecular weight excluding hydrogens is 971 g/mol. The molecule has 2 saturated heterocycles. The number of ether oxygens (including phenoxy) is 5. The minimum atomic E-state index is -3.05. The average Bonchev–Trinajstić information content (AvgIpc) is 3.78. The molecule has 0 radical (unpaired) electrons. The molecule has 7 rings (SSSR count). The molecule has 12 nitrogen and oxygen atoms in total. The number of anilines is 1. The number of piperazine rings is 1. The molecule has 2 aliphatic heterocycles. The molecule has 4 aromatic rings. The smallest absolute Gasteiger partial charge is 0.411 e. The molecule has 3 heterocycles. The predicted molar refractivity (Wildman–Crippen MR) is 285 cm³/mol. The SMILES string of the molecule is COCOc1cc(-c2c(F)cc3c(N4C[C@H]5CC[C@@](C)(C4)N5C(=O)OC(C)(C)C)nc(OC[C@]4(CN(C)CCCCCCC(=O)OC)CC4(F)F)nc3c2F)c2c(C#C[Si](C(C)C)(C(C)C)C(C)C)cccc2c1. The van der Waals surface area contributed by atoms with E-state index in [0.717, 1.165) is 19.3 Å². The number of fused-ring (bicyclic) bond motifs is 4. The van der Waals surface area contributed by atoms with Crippen LogP contribution < -0.4 is 14.4 Å². The molecule has 3 aliphatic rings. The van der Waals surface area contributed by atoms with Crippen LogP contribution in [0.2, 0.25) is 16.6 Å². The number of nitrogens with zero attached hydrogens (tertiary/aromatic N) is 5. The van der Waals surface area contributed by atoms with E-state index in [0.29, 0.717) is 70.9 Å². The van der Waals surface area contributed by atoms with Crippen LogP contribution in [0.1, 0.15) is 126 Å². The first-order valence-electron chi connectivity index (χ1n) is 26.3. The van der Waals surface area contributed by atoms with Crippen LogP contribution >= 0.6 is 0 Å². The molecule has 0 spiro atoms. The third-order valence-corrected chi connectivity index (χ3v) is 22.0. The number of benzene rings is 3. The largest absolute Gasteiger partial charge is 0.469 e. The van der Waals surface area contributed by atoms with E-state index in [1.54, 1.807) is 24.1 Å². The van der Waals surface area contributed by atoms with Gasteiger partial charge in [-0.25, -0.2) is 22.4 Å². The minimum Gasteiger partial charge on any atom is -0.469 e. The summed E-state index contributed by atoms with van der Waals surface area (Å²) in [5.74, 6) is -1.19. The van der Waals surface area contributed by atoms with Gasteiger partial charge in [0.15, 0.2) is 12.6 Å². The fraction of sp³-hybridized carbons (Fsp3) is 0.614. The van der Waals surface area contributed by atoms with Crippen molar-refractivity contribution < 1.29 is 50.8 Å². The van der Waals surface area contributed by atoms with Crippen molar-refractivity contribution in [2.75, 3.05) is 65.7 Å². The van der Waals surface area contributed by atoms with Gasteiger partial charge in [0.2, 0.25) is 0 Å². The van der Waals surface area contributed by atoms with Crippen molar-refractivity contribution in [1.82, 2.24) is 19.8 Å². The summed E-state index contributed by atoms with van der Waals surface area (Å²) in [5, 5.41) is 1.22. The molecule has 0 N–H and O–H groups in total. The molecule has 2 bridgehead atoms. The van der Waals surface area contributed by atoms with Gasteiger partial charge in [-0.1, -0.05) is 72.4 Å². The third kappa shape index (κ3) is 11.6. The molecule has 3 aromatic carbocycles. The molecule has 17 heteroatoms. The van der Waals surface area contributed by atoms with Crippen molar-refractivity contribution in [2.24, 2.45) is 5.41 Å². The van der Waals surface area contributed by atoms with Crippen LogP contribution in [0, 0.1) is 28.5 Å². The van der Waals surface area contributed by atoms with Crippen molar-refractivity contribution in [3.05, 3.63) is 53.6 Å². The highest BCUT2D eigenvalue weighted by Crippen LogP contribution is 2.61. The summed E-state index contributed by atoms with van der Waals surface area (Å²) >= 11 is 0. The van der Waals surface area contributed by atoms with E-state index in [2.05, 4.69) is 58.0 Å². The lowest BCUT2D eigenvalue weighted by atomic mass is 9.92. The maximum Gasteiger partial charge on any atom is 0.411 e. The van der Waals surface area contributed by atoms with Crippen molar-refractivity contribution >= 4 is 47.6 Å². The summed E-state index contributed by atoms with van der Waals surface area (Å²) < 4.78 is 94.8. The van der Waals surface area contributed by atoms with Gasteiger partial charge in [-0.2, -0.15) is 9.97 Å². The van der Waals surface area contributed by atoms with Gasteiger partial charge in [0.25, 0.3) is 5.92 Å². The van der Waals surface area contributed by atoms with Gasteiger partial charge in [0.05, 0.1) is 29.7 Å². The summed E-state index contributed by atoms with van der Waals surface area (Å²) in [6.07, 6.45) is 3.82. The Labute approximate surface area is 436 Å². The summed E-state index contributed by atoms with van der Waals surface area (Å²) in [5.41, 5.74) is 1.89. The van der Waals surface area contributed by atoms with Crippen LogP contribution in [-0.4, -0.2) is 124 Å². The molecule has 1 amide bonds. The number of rotatable bonds is 20. The van der Waals surface area contributed by atoms with Gasteiger partial charge in [-0.05, 0) is 113 Å². The van der Waals surface area contributed by atoms with Crippen LogP contribution in [0.5, 0.6) is 11.8 Å². The van der Waals surface area contributed by atoms with Gasteiger partial charge in [-0.15, -0.1) is 5.54 Å². The van der Waals surface area contributed by atoms with Crippen molar-refractivity contribution in [3.63, 3.8) is 0 Å². The summed E-state index contributed by atoms with van der Waals surface area (Å²) in [6, 6.07) is 9.55. The van der Waals surface area contributed by atoms with E-state index >= 15 is 17.6 Å².